The molecule has 1 heterocycles. The molecule has 0 radical (unpaired) electrons. The Morgan fingerprint density at radius 3 is 2.69 bits per heavy atom. The summed E-state index contributed by atoms with van der Waals surface area (Å²) in [7, 11) is 0. The van der Waals surface area contributed by atoms with Crippen LogP contribution in [0.5, 0.6) is 0 Å². The molecule has 2 saturated carbocycles. The van der Waals surface area contributed by atoms with E-state index in [4.69, 9.17) is 9.47 Å². The molecule has 2 unspecified atom stereocenters. The Morgan fingerprint density at radius 1 is 1.00 bits per heavy atom. The summed E-state index contributed by atoms with van der Waals surface area (Å²) in [4.78, 5) is 0. The van der Waals surface area contributed by atoms with E-state index in [0.717, 1.165) is 25.6 Å². The molecule has 2 aliphatic carbocycles. The molecule has 2 bridgehead atoms. The molecule has 2 atom stereocenters. The molecule has 2 nitrogen and oxygen atoms in total. The predicted molar refractivity (Wildman–Crippen MR) is 49.3 cm³/mol. The summed E-state index contributed by atoms with van der Waals surface area (Å²) in [6, 6.07) is 0. The zero-order valence-electron chi connectivity index (χ0n) is 8.13. The molecule has 0 amide bonds. The molecule has 3 rings (SSSR count). The van der Waals surface area contributed by atoms with Gasteiger partial charge in [-0.2, -0.15) is 0 Å². The maximum absolute atomic E-state index is 5.84. The zero-order chi connectivity index (χ0) is 8.73. The molecular weight excluding hydrogens is 164 g/mol. The SMILES string of the molecule is C1CC2CCC3(OCCO3)C(C1)C2. The molecule has 3 aliphatic rings. The smallest absolute Gasteiger partial charge is 0.171 e. The minimum absolute atomic E-state index is 0.128. The second-order valence-corrected chi connectivity index (χ2v) is 4.78. The molecule has 1 aliphatic heterocycles. The third-order valence-corrected chi connectivity index (χ3v) is 4.08. The van der Waals surface area contributed by atoms with Crippen molar-refractivity contribution in [2.75, 3.05) is 13.2 Å². The maximum atomic E-state index is 5.84. The van der Waals surface area contributed by atoms with Gasteiger partial charge in [0.05, 0.1) is 13.2 Å². The first-order chi connectivity index (χ1) is 6.39. The van der Waals surface area contributed by atoms with Crippen LogP contribution in [0.3, 0.4) is 0 Å². The topological polar surface area (TPSA) is 18.5 Å². The second kappa shape index (κ2) is 2.96. The van der Waals surface area contributed by atoms with Crippen molar-refractivity contribution in [2.45, 2.75) is 44.3 Å². The summed E-state index contributed by atoms with van der Waals surface area (Å²) in [5, 5.41) is 0. The molecule has 2 heteroatoms. The third-order valence-electron chi connectivity index (χ3n) is 4.08. The number of hydrogen-bond acceptors (Lipinski definition) is 2. The lowest BCUT2D eigenvalue weighted by molar-refractivity contribution is -0.226. The van der Waals surface area contributed by atoms with Crippen molar-refractivity contribution in [1.29, 1.82) is 0 Å². The third kappa shape index (κ3) is 1.23. The fourth-order valence-corrected chi connectivity index (χ4v) is 3.41. The van der Waals surface area contributed by atoms with Crippen LogP contribution < -0.4 is 0 Å². The monoisotopic (exact) mass is 182 g/mol. The Kier molecular flexibility index (Phi) is 1.88. The van der Waals surface area contributed by atoms with E-state index in [1.54, 1.807) is 0 Å². The summed E-state index contributed by atoms with van der Waals surface area (Å²) < 4.78 is 11.7. The fraction of sp³-hybridized carbons (Fsp3) is 1.00. The molecule has 0 aromatic heterocycles. The van der Waals surface area contributed by atoms with E-state index in [-0.39, 0.29) is 5.79 Å². The largest absolute Gasteiger partial charge is 0.347 e. The van der Waals surface area contributed by atoms with Crippen molar-refractivity contribution in [3.63, 3.8) is 0 Å². The van der Waals surface area contributed by atoms with Crippen molar-refractivity contribution < 1.29 is 9.47 Å². The first-order valence-corrected chi connectivity index (χ1v) is 5.67. The van der Waals surface area contributed by atoms with Gasteiger partial charge in [0.25, 0.3) is 0 Å². The van der Waals surface area contributed by atoms with Crippen LogP contribution in [0.1, 0.15) is 38.5 Å². The van der Waals surface area contributed by atoms with Gasteiger partial charge < -0.3 is 9.47 Å². The average molecular weight is 182 g/mol. The van der Waals surface area contributed by atoms with E-state index in [1.807, 2.05) is 0 Å². The van der Waals surface area contributed by atoms with Crippen LogP contribution >= 0.6 is 0 Å². The van der Waals surface area contributed by atoms with E-state index in [1.165, 1.54) is 32.1 Å². The quantitative estimate of drug-likeness (QED) is 0.572. The molecule has 13 heavy (non-hydrogen) atoms. The standard InChI is InChI=1S/C11H18O2/c1-2-9-4-5-11(10(3-1)8-9)12-6-7-13-11/h9-10H,1-8H2. The minimum atomic E-state index is -0.128. The number of rotatable bonds is 0. The van der Waals surface area contributed by atoms with E-state index in [0.29, 0.717) is 5.92 Å². The predicted octanol–water partition coefficient (Wildman–Crippen LogP) is 2.33. The van der Waals surface area contributed by atoms with Gasteiger partial charge in [-0.1, -0.05) is 12.8 Å². The molecular formula is C11H18O2. The van der Waals surface area contributed by atoms with Gasteiger partial charge in [0, 0.05) is 12.3 Å². The minimum Gasteiger partial charge on any atom is -0.347 e. The Bertz CT molecular complexity index is 196. The lowest BCUT2D eigenvalue weighted by Crippen LogP contribution is -2.45. The van der Waals surface area contributed by atoms with Gasteiger partial charge in [-0.15, -0.1) is 0 Å². The summed E-state index contributed by atoms with van der Waals surface area (Å²) in [5.41, 5.74) is 0. The van der Waals surface area contributed by atoms with E-state index >= 15 is 0 Å². The molecule has 1 saturated heterocycles. The van der Waals surface area contributed by atoms with Crippen molar-refractivity contribution in [3.8, 4) is 0 Å². The van der Waals surface area contributed by atoms with Gasteiger partial charge in [-0.3, -0.25) is 0 Å². The number of fused-ring (bicyclic) bond motifs is 3. The highest BCUT2D eigenvalue weighted by Gasteiger charge is 2.49. The summed E-state index contributed by atoms with van der Waals surface area (Å²) >= 11 is 0. The lowest BCUT2D eigenvalue weighted by Gasteiger charge is -2.45. The van der Waals surface area contributed by atoms with E-state index in [2.05, 4.69) is 0 Å². The van der Waals surface area contributed by atoms with Crippen LogP contribution in [0.25, 0.3) is 0 Å². The second-order valence-electron chi connectivity index (χ2n) is 4.78. The summed E-state index contributed by atoms with van der Waals surface area (Å²) in [6.07, 6.45) is 8.02. The van der Waals surface area contributed by atoms with Crippen LogP contribution in [0.15, 0.2) is 0 Å². The van der Waals surface area contributed by atoms with Crippen LogP contribution in [-0.2, 0) is 9.47 Å². The molecule has 1 spiro atoms. The van der Waals surface area contributed by atoms with Crippen LogP contribution in [0.2, 0.25) is 0 Å². The maximum Gasteiger partial charge on any atom is 0.171 e. The molecule has 74 valence electrons. The Morgan fingerprint density at radius 2 is 1.85 bits per heavy atom. The van der Waals surface area contributed by atoms with Gasteiger partial charge in [-0.05, 0) is 25.2 Å². The first-order valence-electron chi connectivity index (χ1n) is 5.67. The first kappa shape index (κ1) is 8.25. The molecule has 0 aromatic rings. The highest BCUT2D eigenvalue weighted by atomic mass is 16.7. The fourth-order valence-electron chi connectivity index (χ4n) is 3.41. The lowest BCUT2D eigenvalue weighted by atomic mass is 9.69. The van der Waals surface area contributed by atoms with Crippen LogP contribution in [0.4, 0.5) is 0 Å². The van der Waals surface area contributed by atoms with Crippen LogP contribution in [0, 0.1) is 11.8 Å². The average Bonchev–Trinajstić information content (AvgIpc) is 2.63. The molecule has 0 aromatic carbocycles. The van der Waals surface area contributed by atoms with Crippen molar-refractivity contribution in [3.05, 3.63) is 0 Å². The van der Waals surface area contributed by atoms with Crippen LogP contribution in [-0.4, -0.2) is 19.0 Å². The normalized spacial score (nSPS) is 42.5. The number of ether oxygens (including phenoxy) is 2. The van der Waals surface area contributed by atoms with E-state index < -0.39 is 0 Å². The summed E-state index contributed by atoms with van der Waals surface area (Å²) in [6.45, 7) is 1.64. The Labute approximate surface area is 79.6 Å². The van der Waals surface area contributed by atoms with Gasteiger partial charge in [-0.25, -0.2) is 0 Å². The van der Waals surface area contributed by atoms with E-state index in [9.17, 15) is 0 Å². The van der Waals surface area contributed by atoms with Crippen molar-refractivity contribution in [1.82, 2.24) is 0 Å². The van der Waals surface area contributed by atoms with Crippen molar-refractivity contribution >= 4 is 0 Å². The highest BCUT2D eigenvalue weighted by molar-refractivity contribution is 4.92. The Balaban J connectivity index is 1.81. The van der Waals surface area contributed by atoms with Gasteiger partial charge >= 0.3 is 0 Å². The number of hydrogen-bond donors (Lipinski definition) is 0. The Hall–Kier alpha value is -0.0800. The van der Waals surface area contributed by atoms with Gasteiger partial charge in [0.2, 0.25) is 0 Å². The molecule has 0 N–H and O–H groups in total. The van der Waals surface area contributed by atoms with Gasteiger partial charge in [0.1, 0.15) is 0 Å². The molecule has 3 fully saturated rings. The highest BCUT2D eigenvalue weighted by Crippen LogP contribution is 2.49. The summed E-state index contributed by atoms with van der Waals surface area (Å²) in [5.74, 6) is 1.57. The van der Waals surface area contributed by atoms with Crippen molar-refractivity contribution in [2.24, 2.45) is 11.8 Å². The van der Waals surface area contributed by atoms with Gasteiger partial charge in [0.15, 0.2) is 5.79 Å². The zero-order valence-corrected chi connectivity index (χ0v) is 8.13.